The summed E-state index contributed by atoms with van der Waals surface area (Å²) in [5, 5.41) is 0. The molecule has 0 radical (unpaired) electrons. The van der Waals surface area contributed by atoms with Crippen LogP contribution in [0.15, 0.2) is 59.7 Å². The highest BCUT2D eigenvalue weighted by Gasteiger charge is 2.47. The molecule has 0 heterocycles. The summed E-state index contributed by atoms with van der Waals surface area (Å²) in [5.41, 5.74) is 2.19. The van der Waals surface area contributed by atoms with Crippen molar-refractivity contribution in [3.8, 4) is 11.8 Å². The molecule has 0 spiro atoms. The maximum Gasteiger partial charge on any atom is 0.324 e. The first-order valence-electron chi connectivity index (χ1n) is 11.1. The molecule has 190 valence electrons. The summed E-state index contributed by atoms with van der Waals surface area (Å²) in [6.45, 7) is 11.4. The first-order chi connectivity index (χ1) is 16.3. The normalized spacial score (nSPS) is 11.5. The van der Waals surface area contributed by atoms with E-state index in [1.165, 1.54) is 24.6 Å². The number of allylic oxidation sites excluding steroid dienone is 1. The lowest BCUT2D eigenvalue weighted by Crippen LogP contribution is -2.40. The zero-order valence-corrected chi connectivity index (χ0v) is 22.2. The number of carbonyl (C=O) groups is 2. The predicted octanol–water partition coefficient (Wildman–Crippen LogP) is 4.05. The number of benzene rings is 1. The molecular formula is C27H35NO6S. The number of methoxy groups -OCH3 is 2. The number of carbonyl (C=O) groups excluding carboxylic acids is 2. The Labute approximate surface area is 209 Å². The summed E-state index contributed by atoms with van der Waals surface area (Å²) in [5.74, 6) is 3.98. The van der Waals surface area contributed by atoms with Crippen LogP contribution in [-0.2, 0) is 29.1 Å². The molecule has 0 amide bonds. The monoisotopic (exact) mass is 501 g/mol. The number of nitrogens with zero attached hydrogens (tertiary/aromatic N) is 1. The van der Waals surface area contributed by atoms with Crippen LogP contribution in [0.4, 0.5) is 0 Å². The van der Waals surface area contributed by atoms with Gasteiger partial charge in [-0.2, -0.15) is 4.31 Å². The van der Waals surface area contributed by atoms with Gasteiger partial charge in [0.25, 0.3) is 0 Å². The fourth-order valence-electron chi connectivity index (χ4n) is 3.03. The lowest BCUT2D eigenvalue weighted by molar-refractivity contribution is -0.168. The van der Waals surface area contributed by atoms with E-state index in [-0.39, 0.29) is 36.2 Å². The number of esters is 2. The molecule has 0 saturated carbocycles. The van der Waals surface area contributed by atoms with Crippen LogP contribution in [0.1, 0.15) is 39.2 Å². The van der Waals surface area contributed by atoms with Crippen LogP contribution in [0.25, 0.3) is 0 Å². The maximum absolute atomic E-state index is 13.3. The Morgan fingerprint density at radius 3 is 2.11 bits per heavy atom. The Hall–Kier alpha value is -3.11. The third-order valence-electron chi connectivity index (χ3n) is 5.00. The molecule has 0 atom stereocenters. The Kier molecular flexibility index (Phi) is 11.2. The second-order valence-electron chi connectivity index (χ2n) is 9.08. The minimum Gasteiger partial charge on any atom is -0.468 e. The van der Waals surface area contributed by atoms with E-state index < -0.39 is 27.4 Å². The molecule has 0 aromatic heterocycles. The van der Waals surface area contributed by atoms with E-state index in [9.17, 15) is 18.0 Å². The minimum absolute atomic E-state index is 0.0350. The third kappa shape index (κ3) is 8.56. The van der Waals surface area contributed by atoms with Crippen molar-refractivity contribution >= 4 is 22.0 Å². The smallest absolute Gasteiger partial charge is 0.324 e. The Balaban J connectivity index is 3.31. The van der Waals surface area contributed by atoms with Crippen molar-refractivity contribution in [2.75, 3.05) is 27.3 Å². The molecule has 0 bridgehead atoms. The van der Waals surface area contributed by atoms with Crippen LogP contribution in [0.2, 0.25) is 0 Å². The van der Waals surface area contributed by atoms with Crippen molar-refractivity contribution < 1.29 is 27.5 Å². The molecule has 35 heavy (non-hydrogen) atoms. The van der Waals surface area contributed by atoms with Gasteiger partial charge < -0.3 is 9.47 Å². The van der Waals surface area contributed by atoms with Crippen LogP contribution in [-0.4, -0.2) is 52.0 Å². The van der Waals surface area contributed by atoms with Gasteiger partial charge in [0.05, 0.1) is 25.7 Å². The van der Waals surface area contributed by atoms with E-state index in [0.29, 0.717) is 0 Å². The van der Waals surface area contributed by atoms with E-state index in [2.05, 4.69) is 24.2 Å². The van der Waals surface area contributed by atoms with Crippen molar-refractivity contribution in [2.24, 2.45) is 10.8 Å². The van der Waals surface area contributed by atoms with Crippen molar-refractivity contribution in [3.05, 3.63) is 60.4 Å². The Bertz CT molecular complexity index is 1110. The average Bonchev–Trinajstić information content (AvgIpc) is 2.80. The van der Waals surface area contributed by atoms with Crippen LogP contribution in [0.3, 0.4) is 0 Å². The largest absolute Gasteiger partial charge is 0.468 e. The SMILES string of the molecule is C=CCC(CC#CCN(CC=C=CC(C)(C)C)S(=O)(=O)c1ccc(C)cc1)(C(=O)OC)C(=O)OC. The van der Waals surface area contributed by atoms with Gasteiger partial charge in [-0.25, -0.2) is 8.42 Å². The number of ether oxygens (including phenoxy) is 2. The van der Waals surface area contributed by atoms with Gasteiger partial charge in [0, 0.05) is 13.0 Å². The fourth-order valence-corrected chi connectivity index (χ4v) is 4.31. The molecule has 7 nitrogen and oxygen atoms in total. The van der Waals surface area contributed by atoms with Gasteiger partial charge in [0.15, 0.2) is 5.41 Å². The number of hydrogen-bond donors (Lipinski definition) is 0. The van der Waals surface area contributed by atoms with Gasteiger partial charge in [-0.15, -0.1) is 18.2 Å². The van der Waals surface area contributed by atoms with E-state index in [0.717, 1.165) is 5.56 Å². The number of aryl methyl sites for hydroxylation is 1. The molecular weight excluding hydrogens is 466 g/mol. The molecule has 0 fully saturated rings. The third-order valence-corrected chi connectivity index (χ3v) is 6.83. The molecule has 0 aliphatic rings. The molecule has 1 aromatic carbocycles. The second-order valence-corrected chi connectivity index (χ2v) is 11.0. The van der Waals surface area contributed by atoms with Crippen LogP contribution in [0.5, 0.6) is 0 Å². The summed E-state index contributed by atoms with van der Waals surface area (Å²) in [4.78, 5) is 25.0. The molecule has 1 rings (SSSR count). The summed E-state index contributed by atoms with van der Waals surface area (Å²) >= 11 is 0. The van der Waals surface area contributed by atoms with Crippen molar-refractivity contribution in [2.45, 2.75) is 45.4 Å². The van der Waals surface area contributed by atoms with Gasteiger partial charge in [-0.3, -0.25) is 9.59 Å². The molecule has 1 aromatic rings. The molecule has 0 aliphatic heterocycles. The summed E-state index contributed by atoms with van der Waals surface area (Å²) < 4.78 is 37.4. The molecule has 8 heteroatoms. The fraction of sp³-hybridized carbons (Fsp3) is 0.444. The van der Waals surface area contributed by atoms with Crippen LogP contribution < -0.4 is 0 Å². The minimum atomic E-state index is -3.86. The predicted molar refractivity (Wildman–Crippen MR) is 136 cm³/mol. The molecule has 0 saturated heterocycles. The molecule has 0 N–H and O–H groups in total. The van der Waals surface area contributed by atoms with Gasteiger partial charge in [-0.1, -0.05) is 50.5 Å². The van der Waals surface area contributed by atoms with E-state index in [4.69, 9.17) is 9.47 Å². The Morgan fingerprint density at radius 2 is 1.63 bits per heavy atom. The van der Waals surface area contributed by atoms with Gasteiger partial charge in [0.1, 0.15) is 0 Å². The zero-order chi connectivity index (χ0) is 26.7. The van der Waals surface area contributed by atoms with E-state index in [1.54, 1.807) is 30.3 Å². The van der Waals surface area contributed by atoms with E-state index >= 15 is 0 Å². The summed E-state index contributed by atoms with van der Waals surface area (Å²) in [7, 11) is -1.51. The average molecular weight is 502 g/mol. The number of hydrogen-bond acceptors (Lipinski definition) is 6. The quantitative estimate of drug-likeness (QED) is 0.158. The lowest BCUT2D eigenvalue weighted by atomic mass is 9.81. The first-order valence-corrected chi connectivity index (χ1v) is 12.5. The van der Waals surface area contributed by atoms with E-state index in [1.807, 2.05) is 33.8 Å². The van der Waals surface area contributed by atoms with Gasteiger partial charge in [-0.05, 0) is 43.0 Å². The van der Waals surface area contributed by atoms with Gasteiger partial charge >= 0.3 is 11.9 Å². The number of rotatable bonds is 10. The Morgan fingerprint density at radius 1 is 1.06 bits per heavy atom. The molecule has 0 unspecified atom stereocenters. The van der Waals surface area contributed by atoms with Crippen molar-refractivity contribution in [3.63, 3.8) is 0 Å². The zero-order valence-electron chi connectivity index (χ0n) is 21.4. The highest BCUT2D eigenvalue weighted by atomic mass is 32.2. The lowest BCUT2D eigenvalue weighted by Gasteiger charge is -2.24. The van der Waals surface area contributed by atoms with Crippen LogP contribution in [0, 0.1) is 29.6 Å². The molecule has 0 aliphatic carbocycles. The highest BCUT2D eigenvalue weighted by Crippen LogP contribution is 2.30. The highest BCUT2D eigenvalue weighted by molar-refractivity contribution is 7.89. The summed E-state index contributed by atoms with van der Waals surface area (Å²) in [6, 6.07) is 6.54. The maximum atomic E-state index is 13.3. The van der Waals surface area contributed by atoms with Crippen molar-refractivity contribution in [1.82, 2.24) is 4.31 Å². The van der Waals surface area contributed by atoms with Crippen molar-refractivity contribution in [1.29, 1.82) is 0 Å². The second kappa shape index (κ2) is 13.1. The first kappa shape index (κ1) is 29.9. The van der Waals surface area contributed by atoms with Crippen LogP contribution >= 0.6 is 0 Å². The van der Waals surface area contributed by atoms with Gasteiger partial charge in [0.2, 0.25) is 10.0 Å². The number of sulfonamides is 1. The topological polar surface area (TPSA) is 90.0 Å². The standard InChI is InChI=1S/C27H35NO6S/c1-8-17-27(24(29)33-6,25(30)34-7)19-10-12-21-28(20-11-9-18-26(3,4)5)35(31,32)23-15-13-22(2)14-16-23/h8,11,13-16,18H,1,17,19-21H2,2-7H3. The summed E-state index contributed by atoms with van der Waals surface area (Å²) in [6.07, 6.45) is 4.65.